The molecule has 0 aliphatic carbocycles. The zero-order chi connectivity index (χ0) is 14.5. The summed E-state index contributed by atoms with van der Waals surface area (Å²) < 4.78 is 0.923. The van der Waals surface area contributed by atoms with Gasteiger partial charge in [0.05, 0.1) is 5.02 Å². The van der Waals surface area contributed by atoms with E-state index in [2.05, 4.69) is 52.2 Å². The molecule has 4 heteroatoms. The highest BCUT2D eigenvalue weighted by molar-refractivity contribution is 9.10. The second-order valence-corrected chi connectivity index (χ2v) is 6.02. The van der Waals surface area contributed by atoms with Crippen LogP contribution >= 0.6 is 27.5 Å². The van der Waals surface area contributed by atoms with Gasteiger partial charge in [-0.15, -0.1) is 0 Å². The van der Waals surface area contributed by atoms with Crippen molar-refractivity contribution in [2.75, 3.05) is 6.54 Å². The number of pyridine rings is 1. The van der Waals surface area contributed by atoms with Crippen LogP contribution in [-0.2, 0) is 6.42 Å². The van der Waals surface area contributed by atoms with Crippen molar-refractivity contribution in [3.63, 3.8) is 0 Å². The summed E-state index contributed by atoms with van der Waals surface area (Å²) >= 11 is 9.63. The van der Waals surface area contributed by atoms with Crippen LogP contribution in [0.15, 0.2) is 41.0 Å². The summed E-state index contributed by atoms with van der Waals surface area (Å²) in [5.41, 5.74) is 3.53. The number of hydrogen-bond acceptors (Lipinski definition) is 2. The third kappa shape index (κ3) is 3.81. The van der Waals surface area contributed by atoms with Crippen molar-refractivity contribution < 1.29 is 0 Å². The molecule has 0 saturated heterocycles. The van der Waals surface area contributed by atoms with Crippen LogP contribution in [0.25, 0.3) is 0 Å². The van der Waals surface area contributed by atoms with Crippen molar-refractivity contribution in [3.05, 3.63) is 62.8 Å². The molecule has 1 N–H and O–H groups in total. The van der Waals surface area contributed by atoms with E-state index in [0.29, 0.717) is 0 Å². The second kappa shape index (κ2) is 7.21. The molecule has 20 heavy (non-hydrogen) atoms. The van der Waals surface area contributed by atoms with Gasteiger partial charge < -0.3 is 5.32 Å². The maximum absolute atomic E-state index is 6.20. The quantitative estimate of drug-likeness (QED) is 0.843. The van der Waals surface area contributed by atoms with Crippen LogP contribution < -0.4 is 5.32 Å². The highest BCUT2D eigenvalue weighted by Gasteiger charge is 2.14. The van der Waals surface area contributed by atoms with Gasteiger partial charge in [-0.2, -0.15) is 0 Å². The number of aryl methyl sites for hydroxylation is 1. The average molecular weight is 354 g/mol. The Balaban J connectivity index is 2.27. The standard InChI is InChI=1S/C16H18BrClN2/c1-3-19-16(10-15-11(2)5-4-8-20-15)12-6-7-13(17)14(18)9-12/h4-9,16,19H,3,10H2,1-2H3. The van der Waals surface area contributed by atoms with E-state index in [0.717, 1.165) is 28.2 Å². The third-order valence-corrected chi connectivity index (χ3v) is 4.54. The number of rotatable bonds is 5. The molecule has 0 fully saturated rings. The average Bonchev–Trinajstić information content (AvgIpc) is 2.44. The van der Waals surface area contributed by atoms with Crippen molar-refractivity contribution >= 4 is 27.5 Å². The number of aromatic nitrogens is 1. The van der Waals surface area contributed by atoms with Crippen LogP contribution in [0.1, 0.15) is 29.8 Å². The highest BCUT2D eigenvalue weighted by Crippen LogP contribution is 2.27. The van der Waals surface area contributed by atoms with E-state index in [-0.39, 0.29) is 6.04 Å². The number of likely N-dealkylation sites (N-methyl/N-ethyl adjacent to an activating group) is 1. The minimum absolute atomic E-state index is 0.221. The van der Waals surface area contributed by atoms with Crippen LogP contribution in [0, 0.1) is 6.92 Å². The second-order valence-electron chi connectivity index (χ2n) is 4.75. The van der Waals surface area contributed by atoms with Gasteiger partial charge in [-0.1, -0.05) is 30.7 Å². The molecule has 0 spiro atoms. The van der Waals surface area contributed by atoms with E-state index in [1.807, 2.05) is 24.4 Å². The lowest BCUT2D eigenvalue weighted by atomic mass is 9.99. The smallest absolute Gasteiger partial charge is 0.0551 e. The molecule has 1 atom stereocenters. The van der Waals surface area contributed by atoms with Crippen LogP contribution in [0.5, 0.6) is 0 Å². The van der Waals surface area contributed by atoms with E-state index in [4.69, 9.17) is 11.6 Å². The minimum Gasteiger partial charge on any atom is -0.310 e. The summed E-state index contributed by atoms with van der Waals surface area (Å²) in [5, 5.41) is 4.25. The summed E-state index contributed by atoms with van der Waals surface area (Å²) in [6.45, 7) is 5.11. The Labute approximate surface area is 133 Å². The molecular formula is C16H18BrClN2. The Morgan fingerprint density at radius 2 is 2.15 bits per heavy atom. The molecule has 2 aromatic rings. The Morgan fingerprint density at radius 1 is 1.35 bits per heavy atom. The highest BCUT2D eigenvalue weighted by atomic mass is 79.9. The van der Waals surface area contributed by atoms with E-state index in [9.17, 15) is 0 Å². The molecule has 2 nitrogen and oxygen atoms in total. The van der Waals surface area contributed by atoms with Gasteiger partial charge in [-0.05, 0) is 58.7 Å². The van der Waals surface area contributed by atoms with E-state index >= 15 is 0 Å². The maximum Gasteiger partial charge on any atom is 0.0551 e. The van der Waals surface area contributed by atoms with Gasteiger partial charge in [0, 0.05) is 28.8 Å². The van der Waals surface area contributed by atoms with Crippen LogP contribution in [-0.4, -0.2) is 11.5 Å². The summed E-state index contributed by atoms with van der Waals surface area (Å²) in [5.74, 6) is 0. The Kier molecular flexibility index (Phi) is 5.58. The third-order valence-electron chi connectivity index (χ3n) is 3.31. The summed E-state index contributed by atoms with van der Waals surface area (Å²) in [6.07, 6.45) is 2.71. The molecule has 1 heterocycles. The zero-order valence-corrected chi connectivity index (χ0v) is 14.0. The molecule has 106 valence electrons. The van der Waals surface area contributed by atoms with Gasteiger partial charge in [0.2, 0.25) is 0 Å². The lowest BCUT2D eigenvalue weighted by Crippen LogP contribution is -2.23. The number of nitrogens with zero attached hydrogens (tertiary/aromatic N) is 1. The number of hydrogen-bond donors (Lipinski definition) is 1. The van der Waals surface area contributed by atoms with Gasteiger partial charge in [0.25, 0.3) is 0 Å². The Morgan fingerprint density at radius 3 is 2.80 bits per heavy atom. The van der Waals surface area contributed by atoms with E-state index in [1.165, 1.54) is 11.1 Å². The first kappa shape index (κ1) is 15.5. The molecule has 1 aromatic carbocycles. The fraction of sp³-hybridized carbons (Fsp3) is 0.312. The predicted octanol–water partition coefficient (Wildman–Crippen LogP) is 4.70. The first-order valence-electron chi connectivity index (χ1n) is 6.70. The van der Waals surface area contributed by atoms with Crippen LogP contribution in [0.4, 0.5) is 0 Å². The maximum atomic E-state index is 6.20. The minimum atomic E-state index is 0.221. The molecule has 0 amide bonds. The lowest BCUT2D eigenvalue weighted by molar-refractivity contribution is 0.543. The Bertz CT molecular complexity index is 586. The zero-order valence-electron chi connectivity index (χ0n) is 11.7. The lowest BCUT2D eigenvalue weighted by Gasteiger charge is -2.19. The SMILES string of the molecule is CCNC(Cc1ncccc1C)c1ccc(Br)c(Cl)c1. The van der Waals surface area contributed by atoms with Crippen molar-refractivity contribution in [3.8, 4) is 0 Å². The molecular weight excluding hydrogens is 336 g/mol. The fourth-order valence-corrected chi connectivity index (χ4v) is 2.64. The summed E-state index contributed by atoms with van der Waals surface area (Å²) in [7, 11) is 0. The van der Waals surface area contributed by atoms with Crippen molar-refractivity contribution in [1.82, 2.24) is 10.3 Å². The molecule has 1 unspecified atom stereocenters. The number of nitrogens with one attached hydrogen (secondary N) is 1. The Hall–Kier alpha value is -0.900. The molecule has 1 aromatic heterocycles. The van der Waals surface area contributed by atoms with Crippen LogP contribution in [0.2, 0.25) is 5.02 Å². The topological polar surface area (TPSA) is 24.9 Å². The molecule has 0 bridgehead atoms. The van der Waals surface area contributed by atoms with Gasteiger partial charge in [-0.25, -0.2) is 0 Å². The normalized spacial score (nSPS) is 12.4. The molecule has 0 radical (unpaired) electrons. The van der Waals surface area contributed by atoms with Gasteiger partial charge >= 0.3 is 0 Å². The molecule has 0 aliphatic heterocycles. The van der Waals surface area contributed by atoms with Gasteiger partial charge in [0.1, 0.15) is 0 Å². The summed E-state index contributed by atoms with van der Waals surface area (Å²) in [6, 6.07) is 10.4. The largest absolute Gasteiger partial charge is 0.310 e. The first-order valence-corrected chi connectivity index (χ1v) is 7.87. The predicted molar refractivity (Wildman–Crippen MR) is 88.2 cm³/mol. The summed E-state index contributed by atoms with van der Waals surface area (Å²) in [4.78, 5) is 4.48. The fourth-order valence-electron chi connectivity index (χ4n) is 2.21. The van der Waals surface area contributed by atoms with Gasteiger partial charge in [-0.3, -0.25) is 4.98 Å². The van der Waals surface area contributed by atoms with Crippen molar-refractivity contribution in [2.45, 2.75) is 26.3 Å². The molecule has 2 rings (SSSR count). The van der Waals surface area contributed by atoms with Crippen molar-refractivity contribution in [2.24, 2.45) is 0 Å². The van der Waals surface area contributed by atoms with E-state index < -0.39 is 0 Å². The van der Waals surface area contributed by atoms with Gasteiger partial charge in [0.15, 0.2) is 0 Å². The first-order chi connectivity index (χ1) is 9.61. The number of benzene rings is 1. The molecule has 0 aliphatic rings. The monoisotopic (exact) mass is 352 g/mol. The number of halogens is 2. The molecule has 0 saturated carbocycles. The van der Waals surface area contributed by atoms with E-state index in [1.54, 1.807) is 0 Å². The van der Waals surface area contributed by atoms with Crippen LogP contribution in [0.3, 0.4) is 0 Å². The van der Waals surface area contributed by atoms with Crippen molar-refractivity contribution in [1.29, 1.82) is 0 Å².